The second kappa shape index (κ2) is 9.45. The minimum absolute atomic E-state index is 0.111. The Kier molecular flexibility index (Phi) is 6.76. The maximum atomic E-state index is 12.5. The highest BCUT2D eigenvalue weighted by Crippen LogP contribution is 2.28. The Hall–Kier alpha value is -2.74. The van der Waals surface area contributed by atoms with Crippen molar-refractivity contribution >= 4 is 11.9 Å². The van der Waals surface area contributed by atoms with E-state index in [-0.39, 0.29) is 6.61 Å². The molecule has 4 atom stereocenters. The standard InChI is InChI=1S/C21H22O7/c1-24-18-17(28-20(23)15-11-7-4-8-12-15)16(27-21(18)25-2)13-26-19(22)14-9-5-3-6-10-14/h3-12,16-18,21H,13H2,1-2H3/t16-,17?,18+,21+/m1/s1. The zero-order valence-electron chi connectivity index (χ0n) is 15.6. The molecule has 2 aromatic carbocycles. The number of benzene rings is 2. The predicted molar refractivity (Wildman–Crippen MR) is 98.8 cm³/mol. The summed E-state index contributed by atoms with van der Waals surface area (Å²) < 4.78 is 27.4. The van der Waals surface area contributed by atoms with Gasteiger partial charge in [-0.25, -0.2) is 9.59 Å². The van der Waals surface area contributed by atoms with Gasteiger partial charge in [-0.3, -0.25) is 0 Å². The molecule has 1 aliphatic rings. The van der Waals surface area contributed by atoms with Gasteiger partial charge in [-0.1, -0.05) is 36.4 Å². The van der Waals surface area contributed by atoms with Gasteiger partial charge < -0.3 is 23.7 Å². The topological polar surface area (TPSA) is 80.3 Å². The lowest BCUT2D eigenvalue weighted by molar-refractivity contribution is -0.159. The summed E-state index contributed by atoms with van der Waals surface area (Å²) in [5, 5.41) is 0. The van der Waals surface area contributed by atoms with E-state index < -0.39 is 36.5 Å². The lowest BCUT2D eigenvalue weighted by Crippen LogP contribution is -2.40. The van der Waals surface area contributed by atoms with Crippen molar-refractivity contribution in [3.8, 4) is 0 Å². The van der Waals surface area contributed by atoms with Crippen LogP contribution in [0.4, 0.5) is 0 Å². The Bertz CT molecular complexity index is 778. The van der Waals surface area contributed by atoms with Crippen LogP contribution in [0.25, 0.3) is 0 Å². The molecule has 0 N–H and O–H groups in total. The highest BCUT2D eigenvalue weighted by atomic mass is 16.7. The molecule has 0 radical (unpaired) electrons. The van der Waals surface area contributed by atoms with Gasteiger partial charge >= 0.3 is 11.9 Å². The number of ether oxygens (including phenoxy) is 5. The van der Waals surface area contributed by atoms with E-state index in [0.717, 1.165) is 0 Å². The number of hydrogen-bond donors (Lipinski definition) is 0. The Morgan fingerprint density at radius 1 is 0.821 bits per heavy atom. The van der Waals surface area contributed by atoms with Crippen LogP contribution < -0.4 is 0 Å². The molecule has 148 valence electrons. The van der Waals surface area contributed by atoms with Crippen LogP contribution in [-0.4, -0.2) is 57.4 Å². The monoisotopic (exact) mass is 386 g/mol. The van der Waals surface area contributed by atoms with Crippen LogP contribution in [-0.2, 0) is 23.7 Å². The summed E-state index contributed by atoms with van der Waals surface area (Å²) in [5.74, 6) is -1.01. The van der Waals surface area contributed by atoms with E-state index in [1.807, 2.05) is 6.07 Å². The zero-order valence-corrected chi connectivity index (χ0v) is 15.6. The molecule has 1 unspecified atom stereocenters. The molecule has 7 nitrogen and oxygen atoms in total. The van der Waals surface area contributed by atoms with Crippen LogP contribution in [0.15, 0.2) is 60.7 Å². The first-order valence-corrected chi connectivity index (χ1v) is 8.83. The summed E-state index contributed by atoms with van der Waals surface area (Å²) in [7, 11) is 2.94. The minimum Gasteiger partial charge on any atom is -0.459 e. The van der Waals surface area contributed by atoms with Gasteiger partial charge in [0.25, 0.3) is 0 Å². The van der Waals surface area contributed by atoms with Crippen molar-refractivity contribution in [3.63, 3.8) is 0 Å². The molecule has 1 saturated heterocycles. The molecule has 2 aromatic rings. The summed E-state index contributed by atoms with van der Waals surface area (Å²) >= 11 is 0. The first-order chi connectivity index (χ1) is 13.6. The van der Waals surface area contributed by atoms with Gasteiger partial charge in [0.15, 0.2) is 12.4 Å². The molecule has 0 bridgehead atoms. The molecular formula is C21H22O7. The van der Waals surface area contributed by atoms with E-state index in [1.165, 1.54) is 14.2 Å². The van der Waals surface area contributed by atoms with Gasteiger partial charge in [-0.05, 0) is 24.3 Å². The zero-order chi connectivity index (χ0) is 19.9. The molecule has 0 spiro atoms. The Morgan fingerprint density at radius 3 is 1.93 bits per heavy atom. The van der Waals surface area contributed by atoms with Crippen molar-refractivity contribution in [1.29, 1.82) is 0 Å². The molecule has 1 heterocycles. The summed E-state index contributed by atoms with van der Waals surface area (Å²) in [6, 6.07) is 17.2. The second-order valence-corrected chi connectivity index (χ2v) is 6.18. The number of hydrogen-bond acceptors (Lipinski definition) is 7. The highest BCUT2D eigenvalue weighted by Gasteiger charge is 2.48. The second-order valence-electron chi connectivity index (χ2n) is 6.18. The van der Waals surface area contributed by atoms with Crippen molar-refractivity contribution in [2.45, 2.75) is 24.6 Å². The third kappa shape index (κ3) is 4.56. The molecule has 3 rings (SSSR count). The average Bonchev–Trinajstić information content (AvgIpc) is 3.09. The quantitative estimate of drug-likeness (QED) is 0.676. The SMILES string of the molecule is CO[C@H]1O[C@H](COC(=O)c2ccccc2)C(OC(=O)c2ccccc2)[C@@H]1OC. The van der Waals surface area contributed by atoms with Crippen LogP contribution in [0.3, 0.4) is 0 Å². The van der Waals surface area contributed by atoms with Crippen LogP contribution >= 0.6 is 0 Å². The molecule has 1 aliphatic heterocycles. The summed E-state index contributed by atoms with van der Waals surface area (Å²) in [4.78, 5) is 24.7. The maximum absolute atomic E-state index is 12.5. The van der Waals surface area contributed by atoms with Gasteiger partial charge in [-0.2, -0.15) is 0 Å². The number of carbonyl (C=O) groups is 2. The van der Waals surface area contributed by atoms with Gasteiger partial charge in [0.1, 0.15) is 18.8 Å². The van der Waals surface area contributed by atoms with Gasteiger partial charge in [0, 0.05) is 14.2 Å². The van der Waals surface area contributed by atoms with Crippen LogP contribution in [0.1, 0.15) is 20.7 Å². The molecular weight excluding hydrogens is 364 g/mol. The average molecular weight is 386 g/mol. The van der Waals surface area contributed by atoms with Crippen molar-refractivity contribution in [2.24, 2.45) is 0 Å². The highest BCUT2D eigenvalue weighted by molar-refractivity contribution is 5.90. The van der Waals surface area contributed by atoms with Gasteiger partial charge in [0.2, 0.25) is 0 Å². The number of rotatable bonds is 7. The van der Waals surface area contributed by atoms with E-state index in [9.17, 15) is 9.59 Å². The third-order valence-electron chi connectivity index (χ3n) is 4.41. The van der Waals surface area contributed by atoms with Crippen LogP contribution in [0.2, 0.25) is 0 Å². The van der Waals surface area contributed by atoms with Crippen molar-refractivity contribution in [3.05, 3.63) is 71.8 Å². The summed E-state index contributed by atoms with van der Waals surface area (Å²) in [6.07, 6.45) is -2.93. The lowest BCUT2D eigenvalue weighted by Gasteiger charge is -2.22. The van der Waals surface area contributed by atoms with Crippen LogP contribution in [0.5, 0.6) is 0 Å². The molecule has 28 heavy (non-hydrogen) atoms. The summed E-state index contributed by atoms with van der Waals surface area (Å²) in [5.41, 5.74) is 0.822. The lowest BCUT2D eigenvalue weighted by atomic mass is 10.1. The van der Waals surface area contributed by atoms with Crippen LogP contribution in [0, 0.1) is 0 Å². The Morgan fingerprint density at radius 2 is 1.39 bits per heavy atom. The fraction of sp³-hybridized carbons (Fsp3) is 0.333. The molecule has 0 saturated carbocycles. The normalized spacial score (nSPS) is 23.9. The molecule has 0 aliphatic carbocycles. The molecule has 0 amide bonds. The number of carbonyl (C=O) groups excluding carboxylic acids is 2. The van der Waals surface area contributed by atoms with Crippen molar-refractivity contribution in [1.82, 2.24) is 0 Å². The van der Waals surface area contributed by atoms with E-state index >= 15 is 0 Å². The largest absolute Gasteiger partial charge is 0.459 e. The smallest absolute Gasteiger partial charge is 0.338 e. The molecule has 1 fully saturated rings. The van der Waals surface area contributed by atoms with E-state index in [1.54, 1.807) is 54.6 Å². The van der Waals surface area contributed by atoms with E-state index in [0.29, 0.717) is 11.1 Å². The first kappa shape index (κ1) is 20.0. The van der Waals surface area contributed by atoms with Gasteiger partial charge in [-0.15, -0.1) is 0 Å². The molecule has 0 aromatic heterocycles. The van der Waals surface area contributed by atoms with Crippen molar-refractivity contribution < 1.29 is 33.3 Å². The fourth-order valence-electron chi connectivity index (χ4n) is 2.99. The van der Waals surface area contributed by atoms with E-state index in [4.69, 9.17) is 23.7 Å². The fourth-order valence-corrected chi connectivity index (χ4v) is 2.99. The van der Waals surface area contributed by atoms with E-state index in [2.05, 4.69) is 0 Å². The summed E-state index contributed by atoms with van der Waals surface area (Å²) in [6.45, 7) is -0.111. The first-order valence-electron chi connectivity index (χ1n) is 8.83. The van der Waals surface area contributed by atoms with Crippen molar-refractivity contribution in [2.75, 3.05) is 20.8 Å². The Balaban J connectivity index is 1.70. The maximum Gasteiger partial charge on any atom is 0.338 e. The van der Waals surface area contributed by atoms with Gasteiger partial charge in [0.05, 0.1) is 11.1 Å². The number of esters is 2. The third-order valence-corrected chi connectivity index (χ3v) is 4.41. The molecule has 7 heteroatoms. The predicted octanol–water partition coefficient (Wildman–Crippen LogP) is 2.46. The Labute approximate surface area is 163 Å². The number of methoxy groups -OCH3 is 2. The minimum atomic E-state index is -0.800.